The molecule has 0 saturated carbocycles. The van der Waals surface area contributed by atoms with Crippen molar-refractivity contribution < 1.29 is 9.59 Å². The summed E-state index contributed by atoms with van der Waals surface area (Å²) < 4.78 is 0.106. The fraction of sp³-hybridized carbons (Fsp3) is 0.294. The Hall–Kier alpha value is -2.56. The summed E-state index contributed by atoms with van der Waals surface area (Å²) in [5.41, 5.74) is 7.54. The number of hydrogen-bond donors (Lipinski definition) is 0. The Kier molecular flexibility index (Phi) is 6.90. The Morgan fingerprint density at radius 1 is 0.632 bits per heavy atom. The Labute approximate surface area is 241 Å². The Bertz CT molecular complexity index is 1420. The molecule has 0 N–H and O–H groups in total. The first-order valence-electron chi connectivity index (χ1n) is 13.5. The monoisotopic (exact) mass is 628 g/mol. The lowest BCUT2D eigenvalue weighted by Gasteiger charge is -2.41. The van der Waals surface area contributed by atoms with Crippen LogP contribution in [-0.4, -0.2) is 9.39 Å². The number of carbonyl (C=O) groups is 2. The summed E-state index contributed by atoms with van der Waals surface area (Å²) in [5.74, 6) is 0.628. The van der Waals surface area contributed by atoms with Gasteiger partial charge in [-0.05, 0) is 96.8 Å². The van der Waals surface area contributed by atoms with Gasteiger partial charge in [0.25, 0.3) is 0 Å². The lowest BCUT2D eigenvalue weighted by atomic mass is 9.62. The smallest absolute Gasteiger partial charge is 0.197 e. The van der Waals surface area contributed by atoms with Crippen molar-refractivity contribution >= 4 is 41.2 Å². The largest absolute Gasteiger partial charge is 0.287 e. The number of benzene rings is 3. The summed E-state index contributed by atoms with van der Waals surface area (Å²) in [6.45, 7) is 0. The first kappa shape index (κ1) is 25.7. The quantitative estimate of drug-likeness (QED) is 0.222. The van der Waals surface area contributed by atoms with Gasteiger partial charge in [0, 0.05) is 29.6 Å². The SMILES string of the molecule is O=C(Br)CCC1(CCC2(CCC(=O)Br)c3ccccc3C3C=CC=CC32)c2ccccc2-c2ccccc21. The average molecular weight is 630 g/mol. The topological polar surface area (TPSA) is 34.1 Å². The van der Waals surface area contributed by atoms with Crippen LogP contribution >= 0.6 is 31.9 Å². The molecule has 0 bridgehead atoms. The summed E-state index contributed by atoms with van der Waals surface area (Å²) in [7, 11) is 0. The van der Waals surface area contributed by atoms with Crippen LogP contribution in [0.1, 0.15) is 66.7 Å². The molecule has 0 aromatic heterocycles. The van der Waals surface area contributed by atoms with Crippen LogP contribution in [0.2, 0.25) is 0 Å². The van der Waals surface area contributed by atoms with E-state index in [9.17, 15) is 9.59 Å². The number of rotatable bonds is 9. The highest BCUT2D eigenvalue weighted by Gasteiger charge is 2.52. The number of halogens is 2. The molecule has 3 aromatic rings. The van der Waals surface area contributed by atoms with Crippen molar-refractivity contribution in [2.24, 2.45) is 5.92 Å². The van der Waals surface area contributed by atoms with Gasteiger partial charge in [-0.3, -0.25) is 9.59 Å². The normalized spacial score (nSPS) is 23.4. The molecule has 3 aliphatic rings. The van der Waals surface area contributed by atoms with Gasteiger partial charge in [-0.15, -0.1) is 0 Å². The fourth-order valence-electron chi connectivity index (χ4n) is 7.73. The van der Waals surface area contributed by atoms with Gasteiger partial charge in [0.2, 0.25) is 0 Å². The van der Waals surface area contributed by atoms with E-state index in [2.05, 4.69) is 129 Å². The molecule has 0 amide bonds. The van der Waals surface area contributed by atoms with E-state index in [-0.39, 0.29) is 20.2 Å². The van der Waals surface area contributed by atoms with Crippen LogP contribution in [0.15, 0.2) is 97.1 Å². The second-order valence-corrected chi connectivity index (χ2v) is 12.7. The third-order valence-corrected chi connectivity index (χ3v) is 10.1. The molecule has 3 aromatic carbocycles. The molecule has 0 radical (unpaired) electrons. The van der Waals surface area contributed by atoms with Crippen LogP contribution in [-0.2, 0) is 20.4 Å². The van der Waals surface area contributed by atoms with Gasteiger partial charge in [-0.1, -0.05) is 97.1 Å². The van der Waals surface area contributed by atoms with E-state index < -0.39 is 0 Å². The van der Waals surface area contributed by atoms with Crippen LogP contribution in [0, 0.1) is 5.92 Å². The van der Waals surface area contributed by atoms with Crippen molar-refractivity contribution in [1.82, 2.24) is 0 Å². The maximum Gasteiger partial charge on any atom is 0.197 e. The molecule has 3 unspecified atom stereocenters. The summed E-state index contributed by atoms with van der Waals surface area (Å²) >= 11 is 6.45. The highest BCUT2D eigenvalue weighted by Crippen LogP contribution is 2.61. The van der Waals surface area contributed by atoms with Crippen LogP contribution in [0.25, 0.3) is 11.1 Å². The van der Waals surface area contributed by atoms with Crippen LogP contribution in [0.4, 0.5) is 0 Å². The zero-order valence-corrected chi connectivity index (χ0v) is 24.4. The predicted octanol–water partition coefficient (Wildman–Crippen LogP) is 8.91. The van der Waals surface area contributed by atoms with Gasteiger partial charge in [-0.25, -0.2) is 0 Å². The molecule has 0 spiro atoms. The molecular weight excluding hydrogens is 600 g/mol. The van der Waals surface area contributed by atoms with E-state index in [4.69, 9.17) is 0 Å². The third-order valence-electron chi connectivity index (χ3n) is 9.32. The van der Waals surface area contributed by atoms with Crippen molar-refractivity contribution in [3.05, 3.63) is 119 Å². The van der Waals surface area contributed by atoms with E-state index in [0.717, 1.165) is 25.7 Å². The Morgan fingerprint density at radius 3 is 1.84 bits per heavy atom. The van der Waals surface area contributed by atoms with E-state index >= 15 is 0 Å². The van der Waals surface area contributed by atoms with E-state index in [1.807, 2.05) is 0 Å². The van der Waals surface area contributed by atoms with Gasteiger partial charge in [-0.2, -0.15) is 0 Å². The zero-order chi connectivity index (χ0) is 26.3. The molecule has 0 heterocycles. The highest BCUT2D eigenvalue weighted by atomic mass is 79.9. The standard InChI is InChI=1S/C34H30Br2O2/c35-31(37)17-19-33(27-13-5-1-9-23(27)24-10-2-6-14-28(24)33)21-22-34(20-18-32(36)38)29-15-7-3-11-25(29)26-12-4-8-16-30(26)34/h1-16,23,27H,17-22H2. The summed E-state index contributed by atoms with van der Waals surface area (Å²) in [6.07, 6.45) is 13.4. The minimum atomic E-state index is -0.261. The molecule has 4 heteroatoms. The Balaban J connectivity index is 1.49. The second-order valence-electron chi connectivity index (χ2n) is 10.9. The van der Waals surface area contributed by atoms with E-state index in [0.29, 0.717) is 24.7 Å². The predicted molar refractivity (Wildman–Crippen MR) is 161 cm³/mol. The molecule has 192 valence electrons. The van der Waals surface area contributed by atoms with Crippen LogP contribution in [0.5, 0.6) is 0 Å². The molecule has 0 saturated heterocycles. The maximum absolute atomic E-state index is 12.3. The van der Waals surface area contributed by atoms with Crippen molar-refractivity contribution in [3.8, 4) is 11.1 Å². The first-order valence-corrected chi connectivity index (χ1v) is 15.1. The molecule has 0 aliphatic heterocycles. The molecule has 3 aliphatic carbocycles. The summed E-state index contributed by atoms with van der Waals surface area (Å²) in [4.78, 5) is 24.6. The van der Waals surface area contributed by atoms with Crippen molar-refractivity contribution in [2.45, 2.75) is 55.3 Å². The van der Waals surface area contributed by atoms with Crippen molar-refractivity contribution in [3.63, 3.8) is 0 Å². The van der Waals surface area contributed by atoms with Crippen LogP contribution in [0.3, 0.4) is 0 Å². The maximum atomic E-state index is 12.3. The van der Waals surface area contributed by atoms with Gasteiger partial charge < -0.3 is 0 Å². The minimum Gasteiger partial charge on any atom is -0.287 e. The molecule has 6 rings (SSSR count). The molecule has 2 nitrogen and oxygen atoms in total. The lowest BCUT2D eigenvalue weighted by molar-refractivity contribution is -0.111. The average Bonchev–Trinajstić information content (AvgIpc) is 3.38. The summed E-state index contributed by atoms with van der Waals surface area (Å²) in [5, 5.41) is 0. The first-order chi connectivity index (χ1) is 18.5. The van der Waals surface area contributed by atoms with E-state index in [1.54, 1.807) is 0 Å². The molecular formula is C34H30Br2O2. The van der Waals surface area contributed by atoms with Crippen molar-refractivity contribution in [2.75, 3.05) is 0 Å². The lowest BCUT2D eigenvalue weighted by Crippen LogP contribution is -2.36. The minimum absolute atomic E-state index is 0.0463. The summed E-state index contributed by atoms with van der Waals surface area (Å²) in [6, 6.07) is 26.3. The van der Waals surface area contributed by atoms with E-state index in [1.165, 1.54) is 33.4 Å². The number of carbonyl (C=O) groups excluding carboxylic acids is 2. The zero-order valence-electron chi connectivity index (χ0n) is 21.2. The fourth-order valence-corrected chi connectivity index (χ4v) is 8.13. The molecule has 0 fully saturated rings. The van der Waals surface area contributed by atoms with Crippen molar-refractivity contribution in [1.29, 1.82) is 0 Å². The Morgan fingerprint density at radius 2 is 1.18 bits per heavy atom. The van der Waals surface area contributed by atoms with Crippen LogP contribution < -0.4 is 0 Å². The highest BCUT2D eigenvalue weighted by molar-refractivity contribution is 9.18. The number of allylic oxidation sites excluding steroid dienone is 4. The number of fused-ring (bicyclic) bond motifs is 6. The van der Waals surface area contributed by atoms with Gasteiger partial charge in [0.15, 0.2) is 9.39 Å². The third kappa shape index (κ3) is 4.12. The van der Waals surface area contributed by atoms with Gasteiger partial charge in [0.05, 0.1) is 0 Å². The number of hydrogen-bond acceptors (Lipinski definition) is 2. The van der Waals surface area contributed by atoms with Gasteiger partial charge >= 0.3 is 0 Å². The second kappa shape index (κ2) is 10.2. The van der Waals surface area contributed by atoms with Gasteiger partial charge in [0.1, 0.15) is 0 Å². The molecule has 3 atom stereocenters. The molecule has 38 heavy (non-hydrogen) atoms.